The third-order valence-electron chi connectivity index (χ3n) is 9.14. The first-order valence-electron chi connectivity index (χ1n) is 18.5. The quantitative estimate of drug-likeness (QED) is 0.0453. The number of anilines is 1. The Balaban J connectivity index is 1.24. The van der Waals surface area contributed by atoms with Crippen molar-refractivity contribution in [1.29, 1.82) is 0 Å². The molecule has 8 nitrogen and oxygen atoms in total. The van der Waals surface area contributed by atoms with Crippen LogP contribution in [0.5, 0.6) is 11.5 Å². The Morgan fingerprint density at radius 2 is 1.35 bits per heavy atom. The number of aromatic nitrogens is 3. The highest BCUT2D eigenvalue weighted by Gasteiger charge is 2.32. The number of hydrogen-bond acceptors (Lipinski definition) is 6. The molecule has 1 aromatic heterocycles. The number of Topliss-reactive ketones (excluding diaryl/α,β-unsaturated/α-hetero) is 1. The van der Waals surface area contributed by atoms with Crippen LogP contribution in [0.4, 0.5) is 5.69 Å². The number of carbonyl (C=O) groups is 2. The van der Waals surface area contributed by atoms with E-state index in [-0.39, 0.29) is 0 Å². The summed E-state index contributed by atoms with van der Waals surface area (Å²) in [7, 11) is 1.57. The number of fused-ring (bicyclic) bond motifs is 1. The standard InChI is InChI=1S/C41H56N4O4/c1-4-5-6-7-8-9-10-11-12-13-14-15-16-17-18-21-30-49-38-23-20-19-22-36(38)42-41(47)39(40(46)33-25-27-34(48-3)28-26-33)45-37-31-32(2)24-29-35(37)43-44-45/h19-20,22-29,31,39H,4-18,21,30H2,1-3H3,(H,42,47). The van der Waals surface area contributed by atoms with Gasteiger partial charge >= 0.3 is 0 Å². The first-order valence-corrected chi connectivity index (χ1v) is 18.5. The smallest absolute Gasteiger partial charge is 0.257 e. The molecule has 0 spiro atoms. The highest BCUT2D eigenvalue weighted by Crippen LogP contribution is 2.28. The molecule has 1 unspecified atom stereocenters. The maximum Gasteiger partial charge on any atom is 0.257 e. The van der Waals surface area contributed by atoms with Crippen molar-refractivity contribution in [2.24, 2.45) is 0 Å². The Hall–Kier alpha value is -4.20. The fourth-order valence-corrected chi connectivity index (χ4v) is 6.22. The van der Waals surface area contributed by atoms with Crippen molar-refractivity contribution in [3.05, 3.63) is 77.9 Å². The Bertz CT molecular complexity index is 1570. The summed E-state index contributed by atoms with van der Waals surface area (Å²) < 4.78 is 12.8. The van der Waals surface area contributed by atoms with E-state index in [1.54, 1.807) is 37.4 Å². The van der Waals surface area contributed by atoms with Crippen molar-refractivity contribution in [3.63, 3.8) is 0 Å². The van der Waals surface area contributed by atoms with Gasteiger partial charge in [-0.15, -0.1) is 5.10 Å². The zero-order valence-electron chi connectivity index (χ0n) is 29.9. The van der Waals surface area contributed by atoms with E-state index in [2.05, 4.69) is 22.6 Å². The van der Waals surface area contributed by atoms with Gasteiger partial charge in [-0.2, -0.15) is 0 Å². The van der Waals surface area contributed by atoms with Crippen molar-refractivity contribution in [3.8, 4) is 11.5 Å². The van der Waals surface area contributed by atoms with Crippen LogP contribution in [0.15, 0.2) is 66.7 Å². The summed E-state index contributed by atoms with van der Waals surface area (Å²) in [6, 6.07) is 18.4. The van der Waals surface area contributed by atoms with Crippen LogP contribution in [0.2, 0.25) is 0 Å². The topological polar surface area (TPSA) is 95.3 Å². The normalized spacial score (nSPS) is 11.8. The summed E-state index contributed by atoms with van der Waals surface area (Å²) in [5, 5.41) is 11.5. The molecule has 0 aliphatic carbocycles. The molecule has 3 aromatic carbocycles. The minimum atomic E-state index is -1.28. The Kier molecular flexibility index (Phi) is 16.1. The lowest BCUT2D eigenvalue weighted by molar-refractivity contribution is -0.118. The number of rotatable bonds is 24. The summed E-state index contributed by atoms with van der Waals surface area (Å²) in [5.41, 5.74) is 3.06. The third-order valence-corrected chi connectivity index (χ3v) is 9.14. The van der Waals surface area contributed by atoms with Crippen LogP contribution in [0.3, 0.4) is 0 Å². The number of amides is 1. The van der Waals surface area contributed by atoms with Crippen molar-refractivity contribution in [2.45, 2.75) is 123 Å². The molecule has 8 heteroatoms. The predicted octanol–water partition coefficient (Wildman–Crippen LogP) is 10.5. The largest absolute Gasteiger partial charge is 0.497 e. The molecular weight excluding hydrogens is 612 g/mol. The van der Waals surface area contributed by atoms with Gasteiger partial charge in [0.05, 0.1) is 24.9 Å². The van der Waals surface area contributed by atoms with Gasteiger partial charge in [0.2, 0.25) is 0 Å². The lowest BCUT2D eigenvalue weighted by Crippen LogP contribution is -2.33. The van der Waals surface area contributed by atoms with E-state index in [1.165, 1.54) is 94.6 Å². The van der Waals surface area contributed by atoms with Crippen LogP contribution in [0.1, 0.15) is 132 Å². The number of aryl methyl sites for hydroxylation is 1. The average Bonchev–Trinajstić information content (AvgIpc) is 3.52. The second-order valence-electron chi connectivity index (χ2n) is 13.2. The Labute approximate surface area is 293 Å². The summed E-state index contributed by atoms with van der Waals surface area (Å²) in [5.74, 6) is 0.272. The van der Waals surface area contributed by atoms with Crippen LogP contribution in [0, 0.1) is 6.92 Å². The molecular formula is C41H56N4O4. The molecule has 0 radical (unpaired) electrons. The molecule has 4 aromatic rings. The van der Waals surface area contributed by atoms with Gasteiger partial charge in [0.25, 0.3) is 5.91 Å². The summed E-state index contributed by atoms with van der Waals surface area (Å²) in [6.07, 6.45) is 21.1. The second kappa shape index (κ2) is 21.0. The van der Waals surface area contributed by atoms with E-state index in [0.717, 1.165) is 18.4 Å². The van der Waals surface area contributed by atoms with Crippen molar-refractivity contribution in [2.75, 3.05) is 19.0 Å². The number of unbranched alkanes of at least 4 members (excludes halogenated alkanes) is 15. The fraction of sp³-hybridized carbons (Fsp3) is 0.512. The molecule has 264 valence electrons. The zero-order valence-corrected chi connectivity index (χ0v) is 29.9. The van der Waals surface area contributed by atoms with E-state index in [4.69, 9.17) is 9.47 Å². The molecule has 0 aliphatic heterocycles. The molecule has 0 saturated heterocycles. The third kappa shape index (κ3) is 12.0. The van der Waals surface area contributed by atoms with E-state index in [1.807, 2.05) is 43.3 Å². The number of ketones is 1. The zero-order chi connectivity index (χ0) is 34.7. The van der Waals surface area contributed by atoms with Crippen LogP contribution in [0.25, 0.3) is 11.0 Å². The van der Waals surface area contributed by atoms with Gasteiger partial charge in [0.1, 0.15) is 17.0 Å². The first-order chi connectivity index (χ1) is 24.0. The molecule has 1 amide bonds. The number of methoxy groups -OCH3 is 1. The minimum Gasteiger partial charge on any atom is -0.497 e. The predicted molar refractivity (Wildman–Crippen MR) is 199 cm³/mol. The number of nitrogens with one attached hydrogen (secondary N) is 1. The molecule has 0 bridgehead atoms. The van der Waals surface area contributed by atoms with Gasteiger partial charge < -0.3 is 14.8 Å². The molecule has 1 N–H and O–H groups in total. The molecule has 1 heterocycles. The van der Waals surface area contributed by atoms with Gasteiger partial charge in [-0.25, -0.2) is 4.68 Å². The number of nitrogens with zero attached hydrogens (tertiary/aromatic N) is 3. The molecule has 0 saturated carbocycles. The van der Waals surface area contributed by atoms with Crippen LogP contribution in [-0.2, 0) is 4.79 Å². The molecule has 0 aliphatic rings. The maximum atomic E-state index is 14.0. The number of benzene rings is 3. The number of ether oxygens (including phenoxy) is 2. The van der Waals surface area contributed by atoms with Gasteiger partial charge in [0, 0.05) is 5.56 Å². The average molecular weight is 669 g/mol. The van der Waals surface area contributed by atoms with Crippen molar-refractivity contribution in [1.82, 2.24) is 15.0 Å². The van der Waals surface area contributed by atoms with Crippen molar-refractivity contribution < 1.29 is 19.1 Å². The molecule has 49 heavy (non-hydrogen) atoms. The van der Waals surface area contributed by atoms with Gasteiger partial charge in [-0.3, -0.25) is 9.59 Å². The Morgan fingerprint density at radius 1 is 0.755 bits per heavy atom. The van der Waals surface area contributed by atoms with E-state index >= 15 is 0 Å². The van der Waals surface area contributed by atoms with Crippen LogP contribution < -0.4 is 14.8 Å². The van der Waals surface area contributed by atoms with E-state index in [0.29, 0.717) is 40.4 Å². The number of hydrogen-bond donors (Lipinski definition) is 1. The minimum absolute atomic E-state index is 0.366. The van der Waals surface area contributed by atoms with Gasteiger partial charge in [-0.05, 0) is 67.4 Å². The molecule has 0 fully saturated rings. The monoisotopic (exact) mass is 668 g/mol. The summed E-state index contributed by atoms with van der Waals surface area (Å²) >= 11 is 0. The van der Waals surface area contributed by atoms with Crippen LogP contribution >= 0.6 is 0 Å². The summed E-state index contributed by atoms with van der Waals surface area (Å²) in [4.78, 5) is 27.9. The van der Waals surface area contributed by atoms with Gasteiger partial charge in [0.15, 0.2) is 11.8 Å². The SMILES string of the molecule is CCCCCCCCCCCCCCCCCCOc1ccccc1NC(=O)C(C(=O)c1ccc(OC)cc1)n1nnc2ccc(C)cc21. The highest BCUT2D eigenvalue weighted by molar-refractivity contribution is 6.16. The van der Waals surface area contributed by atoms with E-state index < -0.39 is 17.7 Å². The molecule has 4 rings (SSSR count). The fourth-order valence-electron chi connectivity index (χ4n) is 6.22. The lowest BCUT2D eigenvalue weighted by Gasteiger charge is -2.19. The lowest BCUT2D eigenvalue weighted by atomic mass is 10.0. The molecule has 1 atom stereocenters. The number of carbonyl (C=O) groups excluding carboxylic acids is 2. The highest BCUT2D eigenvalue weighted by atomic mass is 16.5. The van der Waals surface area contributed by atoms with Gasteiger partial charge in [-0.1, -0.05) is 127 Å². The van der Waals surface area contributed by atoms with E-state index in [9.17, 15) is 9.59 Å². The van der Waals surface area contributed by atoms with Crippen LogP contribution in [-0.4, -0.2) is 40.4 Å². The maximum absolute atomic E-state index is 14.0. The second-order valence-corrected chi connectivity index (χ2v) is 13.2. The first kappa shape index (κ1) is 37.6. The number of para-hydroxylation sites is 2. The summed E-state index contributed by atoms with van der Waals surface area (Å²) in [6.45, 7) is 4.79. The Morgan fingerprint density at radius 3 is 1.96 bits per heavy atom. The van der Waals surface area contributed by atoms with Crippen molar-refractivity contribution >= 4 is 28.4 Å².